The van der Waals surface area contributed by atoms with Gasteiger partial charge in [0.1, 0.15) is 5.82 Å². The summed E-state index contributed by atoms with van der Waals surface area (Å²) in [5.74, 6) is -0.463. The van der Waals surface area contributed by atoms with Gasteiger partial charge in [0.15, 0.2) is 4.77 Å². The van der Waals surface area contributed by atoms with Crippen molar-refractivity contribution in [2.75, 3.05) is 0 Å². The molecular weight excluding hydrogens is 363 g/mol. The number of halogens is 3. The fourth-order valence-electron chi connectivity index (χ4n) is 2.18. The minimum atomic E-state index is -0.463. The standard InChI is InChI=1S/C14H9BrClFN2S/c1-7-8(15)3-2-4-12(7)19-13-6-10(17)9(16)5-11(13)18-14(19)20/h2-6H,1H3,(H,18,20). The molecule has 20 heavy (non-hydrogen) atoms. The lowest BCUT2D eigenvalue weighted by Crippen LogP contribution is -1.97. The minimum Gasteiger partial charge on any atom is -0.330 e. The molecule has 0 aliphatic carbocycles. The van der Waals surface area contributed by atoms with Gasteiger partial charge < -0.3 is 4.98 Å². The average Bonchev–Trinajstić information content (AvgIpc) is 2.69. The first-order valence-electron chi connectivity index (χ1n) is 5.84. The molecular formula is C14H9BrClFN2S. The van der Waals surface area contributed by atoms with Crippen LogP contribution in [0.1, 0.15) is 5.56 Å². The van der Waals surface area contributed by atoms with Crippen LogP contribution >= 0.6 is 39.7 Å². The molecule has 0 bridgehead atoms. The van der Waals surface area contributed by atoms with Crippen LogP contribution in [-0.4, -0.2) is 9.55 Å². The van der Waals surface area contributed by atoms with Crippen molar-refractivity contribution in [2.45, 2.75) is 6.92 Å². The summed E-state index contributed by atoms with van der Waals surface area (Å²) in [5, 5.41) is 0.0758. The Bertz CT molecular complexity index is 885. The number of fused-ring (bicyclic) bond motifs is 1. The van der Waals surface area contributed by atoms with Crippen LogP contribution in [0.5, 0.6) is 0 Å². The molecule has 0 atom stereocenters. The van der Waals surface area contributed by atoms with Gasteiger partial charge in [0.2, 0.25) is 0 Å². The highest BCUT2D eigenvalue weighted by Gasteiger charge is 2.12. The van der Waals surface area contributed by atoms with Crippen LogP contribution in [0.2, 0.25) is 5.02 Å². The van der Waals surface area contributed by atoms with Gasteiger partial charge in [-0.25, -0.2) is 4.39 Å². The maximum absolute atomic E-state index is 13.7. The van der Waals surface area contributed by atoms with Gasteiger partial charge in [0.25, 0.3) is 0 Å². The van der Waals surface area contributed by atoms with Crippen molar-refractivity contribution < 1.29 is 4.39 Å². The summed E-state index contributed by atoms with van der Waals surface area (Å²) in [6.07, 6.45) is 0. The monoisotopic (exact) mass is 370 g/mol. The molecule has 0 aliphatic rings. The first-order chi connectivity index (χ1) is 9.49. The molecule has 1 N–H and O–H groups in total. The van der Waals surface area contributed by atoms with Crippen LogP contribution in [-0.2, 0) is 0 Å². The zero-order chi connectivity index (χ0) is 14.4. The highest BCUT2D eigenvalue weighted by molar-refractivity contribution is 9.10. The first-order valence-corrected chi connectivity index (χ1v) is 7.42. The number of aromatic nitrogens is 2. The number of imidazole rings is 1. The van der Waals surface area contributed by atoms with Crippen LogP contribution in [0.15, 0.2) is 34.8 Å². The second kappa shape index (κ2) is 4.98. The van der Waals surface area contributed by atoms with Gasteiger partial charge in [-0.05, 0) is 42.9 Å². The predicted octanol–water partition coefficient (Wildman–Crippen LogP) is 5.55. The van der Waals surface area contributed by atoms with Crippen molar-refractivity contribution in [3.8, 4) is 5.69 Å². The summed E-state index contributed by atoms with van der Waals surface area (Å²) in [5.41, 5.74) is 3.30. The molecule has 1 aromatic heterocycles. The van der Waals surface area contributed by atoms with Crippen molar-refractivity contribution in [3.05, 3.63) is 56.0 Å². The number of aromatic amines is 1. The molecule has 0 fully saturated rings. The molecule has 0 unspecified atom stereocenters. The summed E-state index contributed by atoms with van der Waals surface area (Å²) in [4.78, 5) is 3.05. The van der Waals surface area contributed by atoms with Gasteiger partial charge in [-0.15, -0.1) is 0 Å². The van der Waals surface area contributed by atoms with E-state index in [9.17, 15) is 4.39 Å². The highest BCUT2D eigenvalue weighted by Crippen LogP contribution is 2.28. The average molecular weight is 372 g/mol. The van der Waals surface area contributed by atoms with E-state index in [4.69, 9.17) is 23.8 Å². The van der Waals surface area contributed by atoms with Gasteiger partial charge in [0, 0.05) is 10.5 Å². The lowest BCUT2D eigenvalue weighted by Gasteiger charge is -2.10. The van der Waals surface area contributed by atoms with Crippen LogP contribution < -0.4 is 0 Å². The van der Waals surface area contributed by atoms with E-state index in [-0.39, 0.29) is 5.02 Å². The first kappa shape index (κ1) is 13.8. The Morgan fingerprint density at radius 2 is 2.10 bits per heavy atom. The second-order valence-electron chi connectivity index (χ2n) is 4.43. The summed E-state index contributed by atoms with van der Waals surface area (Å²) in [7, 11) is 0. The third-order valence-electron chi connectivity index (χ3n) is 3.20. The number of nitrogens with zero attached hydrogens (tertiary/aromatic N) is 1. The molecule has 0 amide bonds. The fraction of sp³-hybridized carbons (Fsp3) is 0.0714. The lowest BCUT2D eigenvalue weighted by atomic mass is 10.2. The summed E-state index contributed by atoms with van der Waals surface area (Å²) >= 11 is 14.7. The number of rotatable bonds is 1. The largest absolute Gasteiger partial charge is 0.330 e. The van der Waals surface area contributed by atoms with E-state index in [0.717, 1.165) is 15.7 Å². The maximum Gasteiger partial charge on any atom is 0.182 e. The van der Waals surface area contributed by atoms with E-state index >= 15 is 0 Å². The third-order valence-corrected chi connectivity index (χ3v) is 4.64. The number of nitrogens with one attached hydrogen (secondary N) is 1. The molecule has 2 aromatic carbocycles. The number of hydrogen-bond acceptors (Lipinski definition) is 1. The topological polar surface area (TPSA) is 20.7 Å². The Morgan fingerprint density at radius 3 is 2.85 bits per heavy atom. The van der Waals surface area contributed by atoms with Gasteiger partial charge in [-0.1, -0.05) is 33.6 Å². The van der Waals surface area contributed by atoms with Crippen molar-refractivity contribution in [2.24, 2.45) is 0 Å². The number of benzene rings is 2. The summed E-state index contributed by atoms with van der Waals surface area (Å²) < 4.78 is 17.0. The molecule has 0 radical (unpaired) electrons. The molecule has 0 spiro atoms. The van der Waals surface area contributed by atoms with E-state index < -0.39 is 5.82 Å². The van der Waals surface area contributed by atoms with Crippen molar-refractivity contribution >= 4 is 50.8 Å². The van der Waals surface area contributed by atoms with E-state index in [1.54, 1.807) is 6.07 Å². The van der Waals surface area contributed by atoms with Gasteiger partial charge in [0.05, 0.1) is 21.7 Å². The van der Waals surface area contributed by atoms with E-state index in [1.807, 2.05) is 29.7 Å². The maximum atomic E-state index is 13.7. The molecule has 6 heteroatoms. The normalized spacial score (nSPS) is 11.2. The molecule has 3 rings (SSSR count). The number of H-pyrrole nitrogens is 1. The van der Waals surface area contributed by atoms with E-state index in [2.05, 4.69) is 20.9 Å². The predicted molar refractivity (Wildman–Crippen MR) is 85.9 cm³/mol. The van der Waals surface area contributed by atoms with Gasteiger partial charge in [-0.3, -0.25) is 4.57 Å². The molecule has 0 aliphatic heterocycles. The zero-order valence-electron chi connectivity index (χ0n) is 10.4. The third kappa shape index (κ3) is 2.10. The van der Waals surface area contributed by atoms with Crippen molar-refractivity contribution in [3.63, 3.8) is 0 Å². The van der Waals surface area contributed by atoms with Crippen LogP contribution in [0.4, 0.5) is 4.39 Å². The molecule has 0 saturated carbocycles. The Balaban J connectivity index is 2.42. The number of hydrogen-bond donors (Lipinski definition) is 1. The fourth-order valence-corrected chi connectivity index (χ4v) is 3.01. The van der Waals surface area contributed by atoms with Gasteiger partial charge >= 0.3 is 0 Å². The SMILES string of the molecule is Cc1c(Br)cccc1-n1c(=S)[nH]c2cc(Cl)c(F)cc21. The smallest absolute Gasteiger partial charge is 0.182 e. The molecule has 2 nitrogen and oxygen atoms in total. The molecule has 1 heterocycles. The molecule has 0 saturated heterocycles. The zero-order valence-corrected chi connectivity index (χ0v) is 13.5. The van der Waals surface area contributed by atoms with Crippen LogP contribution in [0.25, 0.3) is 16.7 Å². The summed E-state index contributed by atoms with van der Waals surface area (Å²) in [6.45, 7) is 1.98. The Hall–Kier alpha value is -1.17. The van der Waals surface area contributed by atoms with Crippen LogP contribution in [0.3, 0.4) is 0 Å². The molecule has 102 valence electrons. The summed E-state index contributed by atoms with van der Waals surface area (Å²) in [6, 6.07) is 8.75. The Labute approximate surface area is 133 Å². The second-order valence-corrected chi connectivity index (χ2v) is 6.08. The minimum absolute atomic E-state index is 0.0758. The highest BCUT2D eigenvalue weighted by atomic mass is 79.9. The van der Waals surface area contributed by atoms with E-state index in [0.29, 0.717) is 15.8 Å². The van der Waals surface area contributed by atoms with Gasteiger partial charge in [-0.2, -0.15) is 0 Å². The Morgan fingerprint density at radius 1 is 1.35 bits per heavy atom. The van der Waals surface area contributed by atoms with Crippen molar-refractivity contribution in [1.82, 2.24) is 9.55 Å². The van der Waals surface area contributed by atoms with Crippen molar-refractivity contribution in [1.29, 1.82) is 0 Å². The lowest BCUT2D eigenvalue weighted by molar-refractivity contribution is 0.629. The van der Waals surface area contributed by atoms with E-state index in [1.165, 1.54) is 6.07 Å². The van der Waals surface area contributed by atoms with Crippen LogP contribution in [0, 0.1) is 17.5 Å². The quantitative estimate of drug-likeness (QED) is 0.556. The Kier molecular flexibility index (Phi) is 3.44. The molecule has 3 aromatic rings.